The molecule has 2 amide bonds. The molecule has 2 aliphatic heterocycles. The fourth-order valence-corrected chi connectivity index (χ4v) is 3.43. The molecule has 3 N–H and O–H groups in total. The van der Waals surface area contributed by atoms with Crippen LogP contribution in [0.4, 0.5) is 11.4 Å². The van der Waals surface area contributed by atoms with E-state index >= 15 is 0 Å². The van der Waals surface area contributed by atoms with Gasteiger partial charge in [0.25, 0.3) is 0 Å². The van der Waals surface area contributed by atoms with E-state index in [1.807, 2.05) is 4.90 Å². The Hall–Kier alpha value is -1.80. The number of thioether (sulfide) groups is 1. The third-order valence-electron chi connectivity index (χ3n) is 3.99. The van der Waals surface area contributed by atoms with Crippen LogP contribution in [0.1, 0.15) is 19.3 Å². The van der Waals surface area contributed by atoms with Crippen molar-refractivity contribution < 1.29 is 19.1 Å². The van der Waals surface area contributed by atoms with Crippen molar-refractivity contribution in [2.24, 2.45) is 0 Å². The van der Waals surface area contributed by atoms with Crippen molar-refractivity contribution in [2.45, 2.75) is 19.3 Å². The maximum absolute atomic E-state index is 12.0. The topological polar surface area (TPSA) is 93.9 Å². The minimum atomic E-state index is -0.197. The molecule has 0 atom stereocenters. The highest BCUT2D eigenvalue weighted by atomic mass is 35.5. The summed E-state index contributed by atoms with van der Waals surface area (Å²) >= 11 is 1.31. The van der Waals surface area contributed by atoms with Crippen LogP contribution in [0.3, 0.4) is 0 Å². The molecule has 0 aromatic heterocycles. The van der Waals surface area contributed by atoms with Crippen LogP contribution in [0, 0.1) is 0 Å². The lowest BCUT2D eigenvalue weighted by Crippen LogP contribution is -2.37. The molecular formula is C16H22ClN3O4S. The smallest absolute Gasteiger partial charge is 0.234 e. The van der Waals surface area contributed by atoms with Gasteiger partial charge in [-0.2, -0.15) is 0 Å². The Morgan fingerprint density at radius 1 is 1.12 bits per heavy atom. The van der Waals surface area contributed by atoms with Crippen molar-refractivity contribution >= 4 is 47.4 Å². The lowest BCUT2D eigenvalue weighted by Gasteiger charge is -2.26. The Labute approximate surface area is 157 Å². The molecule has 3 rings (SSSR count). The van der Waals surface area contributed by atoms with Crippen molar-refractivity contribution in [3.63, 3.8) is 0 Å². The number of hydrogen-bond acceptors (Lipinski definition) is 6. The standard InChI is InChI=1S/C16H21N3O4S.ClH/c17-11-6-13-14(23-10-22-13)7-12(11)18-15(20)8-24-9-16(21)19-4-2-1-3-5-19;/h6-7H,1-5,8-10,17H2,(H,18,20);1H. The molecule has 1 saturated heterocycles. The van der Waals surface area contributed by atoms with Crippen molar-refractivity contribution in [3.8, 4) is 11.5 Å². The lowest BCUT2D eigenvalue weighted by atomic mass is 10.1. The molecule has 1 fully saturated rings. The molecule has 1 aromatic rings. The van der Waals surface area contributed by atoms with Gasteiger partial charge in [-0.3, -0.25) is 9.59 Å². The summed E-state index contributed by atoms with van der Waals surface area (Å²) in [5.41, 5.74) is 6.81. The van der Waals surface area contributed by atoms with Gasteiger partial charge in [0, 0.05) is 25.2 Å². The van der Waals surface area contributed by atoms with E-state index in [1.165, 1.54) is 18.2 Å². The highest BCUT2D eigenvalue weighted by Gasteiger charge is 2.18. The van der Waals surface area contributed by atoms with Crippen LogP contribution in [0.25, 0.3) is 0 Å². The van der Waals surface area contributed by atoms with Gasteiger partial charge in [-0.1, -0.05) is 0 Å². The first-order valence-electron chi connectivity index (χ1n) is 7.98. The van der Waals surface area contributed by atoms with E-state index in [9.17, 15) is 9.59 Å². The molecule has 0 unspecified atom stereocenters. The number of likely N-dealkylation sites (tertiary alicyclic amines) is 1. The minimum absolute atomic E-state index is 0. The fraction of sp³-hybridized carbons (Fsp3) is 0.500. The van der Waals surface area contributed by atoms with E-state index in [2.05, 4.69) is 5.32 Å². The van der Waals surface area contributed by atoms with Crippen molar-refractivity contribution in [3.05, 3.63) is 12.1 Å². The molecule has 2 aliphatic rings. The summed E-state index contributed by atoms with van der Waals surface area (Å²) in [6.07, 6.45) is 3.33. The zero-order valence-corrected chi connectivity index (χ0v) is 15.4. The van der Waals surface area contributed by atoms with Gasteiger partial charge in [0.2, 0.25) is 18.6 Å². The summed E-state index contributed by atoms with van der Waals surface area (Å²) in [5.74, 6) is 1.57. The molecule has 7 nitrogen and oxygen atoms in total. The van der Waals surface area contributed by atoms with Gasteiger partial charge in [-0.05, 0) is 19.3 Å². The SMILES string of the molecule is Cl.Nc1cc2c(cc1NC(=O)CSCC(=O)N1CCCCC1)OCO2. The maximum atomic E-state index is 12.0. The van der Waals surface area contributed by atoms with E-state index in [1.54, 1.807) is 12.1 Å². The number of fused-ring (bicyclic) bond motifs is 1. The largest absolute Gasteiger partial charge is 0.454 e. The second kappa shape index (κ2) is 9.05. The summed E-state index contributed by atoms with van der Waals surface area (Å²) in [7, 11) is 0. The van der Waals surface area contributed by atoms with Crippen LogP contribution in [-0.2, 0) is 9.59 Å². The highest BCUT2D eigenvalue weighted by molar-refractivity contribution is 8.00. The Morgan fingerprint density at radius 3 is 2.52 bits per heavy atom. The zero-order chi connectivity index (χ0) is 16.9. The van der Waals surface area contributed by atoms with E-state index in [0.29, 0.717) is 28.6 Å². The monoisotopic (exact) mass is 387 g/mol. The summed E-state index contributed by atoms with van der Waals surface area (Å²) in [4.78, 5) is 26.0. The van der Waals surface area contributed by atoms with Crippen molar-refractivity contribution in [1.82, 2.24) is 4.90 Å². The number of piperidine rings is 1. The Bertz CT molecular complexity index is 638. The molecule has 2 heterocycles. The number of amides is 2. The Kier molecular flexibility index (Phi) is 7.07. The molecule has 9 heteroatoms. The number of anilines is 2. The second-order valence-electron chi connectivity index (χ2n) is 5.78. The number of ether oxygens (including phenoxy) is 2. The number of nitrogens with zero attached hydrogens (tertiary/aromatic N) is 1. The van der Waals surface area contributed by atoms with E-state index in [-0.39, 0.29) is 36.8 Å². The minimum Gasteiger partial charge on any atom is -0.454 e. The second-order valence-corrected chi connectivity index (χ2v) is 6.76. The molecule has 0 spiro atoms. The average Bonchev–Trinajstić information content (AvgIpc) is 3.03. The number of nitrogen functional groups attached to an aromatic ring is 1. The molecule has 1 aromatic carbocycles. The number of hydrogen-bond donors (Lipinski definition) is 2. The number of rotatable bonds is 5. The molecule has 0 saturated carbocycles. The third kappa shape index (κ3) is 5.09. The van der Waals surface area contributed by atoms with Crippen LogP contribution < -0.4 is 20.5 Å². The molecular weight excluding hydrogens is 366 g/mol. The molecule has 0 radical (unpaired) electrons. The summed E-state index contributed by atoms with van der Waals surface area (Å²) < 4.78 is 10.5. The molecule has 0 bridgehead atoms. The predicted octanol–water partition coefficient (Wildman–Crippen LogP) is 2.10. The number of halogens is 1. The van der Waals surface area contributed by atoms with Crippen LogP contribution in [0.2, 0.25) is 0 Å². The first kappa shape index (κ1) is 19.5. The van der Waals surface area contributed by atoms with Crippen LogP contribution in [-0.4, -0.2) is 48.1 Å². The zero-order valence-electron chi connectivity index (χ0n) is 13.8. The normalized spacial score (nSPS) is 15.4. The van der Waals surface area contributed by atoms with Gasteiger partial charge in [-0.15, -0.1) is 24.2 Å². The van der Waals surface area contributed by atoms with Gasteiger partial charge >= 0.3 is 0 Å². The average molecular weight is 388 g/mol. The molecule has 0 aliphatic carbocycles. The van der Waals surface area contributed by atoms with E-state index in [4.69, 9.17) is 15.2 Å². The lowest BCUT2D eigenvalue weighted by molar-refractivity contribution is -0.129. The van der Waals surface area contributed by atoms with Crippen molar-refractivity contribution in [2.75, 3.05) is 42.4 Å². The predicted molar refractivity (Wildman–Crippen MR) is 101 cm³/mol. The maximum Gasteiger partial charge on any atom is 0.234 e. The Morgan fingerprint density at radius 2 is 1.80 bits per heavy atom. The quantitative estimate of drug-likeness (QED) is 0.751. The van der Waals surface area contributed by atoms with Gasteiger partial charge in [0.05, 0.1) is 22.9 Å². The van der Waals surface area contributed by atoms with Gasteiger partial charge in [0.1, 0.15) is 0 Å². The number of nitrogens with two attached hydrogens (primary N) is 1. The summed E-state index contributed by atoms with van der Waals surface area (Å²) in [6, 6.07) is 3.28. The van der Waals surface area contributed by atoms with Gasteiger partial charge < -0.3 is 25.4 Å². The highest BCUT2D eigenvalue weighted by Crippen LogP contribution is 2.38. The number of benzene rings is 1. The molecule has 25 heavy (non-hydrogen) atoms. The van der Waals surface area contributed by atoms with E-state index < -0.39 is 0 Å². The summed E-state index contributed by atoms with van der Waals surface area (Å²) in [6.45, 7) is 1.82. The third-order valence-corrected chi connectivity index (χ3v) is 4.90. The molecule has 138 valence electrons. The van der Waals surface area contributed by atoms with Crippen molar-refractivity contribution in [1.29, 1.82) is 0 Å². The fourth-order valence-electron chi connectivity index (χ4n) is 2.72. The number of nitrogens with one attached hydrogen (secondary N) is 1. The van der Waals surface area contributed by atoms with Gasteiger partial charge in [-0.25, -0.2) is 0 Å². The van der Waals surface area contributed by atoms with Crippen LogP contribution in [0.15, 0.2) is 12.1 Å². The first-order chi connectivity index (χ1) is 11.6. The summed E-state index contributed by atoms with van der Waals surface area (Å²) in [5, 5.41) is 2.75. The van der Waals surface area contributed by atoms with E-state index in [0.717, 1.165) is 25.9 Å². The Balaban J connectivity index is 0.00000225. The van der Waals surface area contributed by atoms with Gasteiger partial charge in [0.15, 0.2) is 11.5 Å². The van der Waals surface area contributed by atoms with Crippen LogP contribution in [0.5, 0.6) is 11.5 Å². The first-order valence-corrected chi connectivity index (χ1v) is 9.13. The number of carbonyl (C=O) groups is 2. The number of carbonyl (C=O) groups excluding carboxylic acids is 2. The van der Waals surface area contributed by atoms with Crippen LogP contribution >= 0.6 is 24.2 Å².